The maximum Gasteiger partial charge on any atom is 0.236 e. The molecule has 0 aromatic heterocycles. The van der Waals surface area contributed by atoms with Gasteiger partial charge in [0.1, 0.15) is 0 Å². The molecule has 92 valence electrons. The fourth-order valence-electron chi connectivity index (χ4n) is 1.94. The Hall–Kier alpha value is -1.39. The van der Waals surface area contributed by atoms with E-state index in [0.717, 1.165) is 12.0 Å². The third-order valence-corrected chi connectivity index (χ3v) is 3.13. The Kier molecular flexibility index (Phi) is 3.76. The second kappa shape index (κ2) is 5.29. The normalized spacial score (nSPS) is 23.7. The van der Waals surface area contributed by atoms with Gasteiger partial charge in [-0.25, -0.2) is 5.43 Å². The number of hydrogen-bond donors (Lipinski definition) is 2. The Bertz CT molecular complexity index is 380. The molecule has 1 saturated heterocycles. The zero-order valence-electron chi connectivity index (χ0n) is 10.0. The molecular formula is C13H18N2O2. The molecule has 1 aromatic rings. The van der Waals surface area contributed by atoms with E-state index < -0.39 is 0 Å². The zero-order chi connectivity index (χ0) is 12.1. The van der Waals surface area contributed by atoms with Crippen LogP contribution < -0.4 is 10.9 Å². The van der Waals surface area contributed by atoms with Crippen molar-refractivity contribution in [3.8, 4) is 0 Å². The summed E-state index contributed by atoms with van der Waals surface area (Å²) in [5, 5.41) is 0. The molecule has 0 bridgehead atoms. The van der Waals surface area contributed by atoms with Crippen LogP contribution in [0.15, 0.2) is 30.3 Å². The second-order valence-corrected chi connectivity index (χ2v) is 4.46. The van der Waals surface area contributed by atoms with E-state index in [1.54, 1.807) is 0 Å². The molecule has 0 radical (unpaired) electrons. The van der Waals surface area contributed by atoms with Crippen LogP contribution in [0.25, 0.3) is 0 Å². The molecule has 0 spiro atoms. The summed E-state index contributed by atoms with van der Waals surface area (Å²) in [5.74, 6) is 0.0372. The Morgan fingerprint density at radius 1 is 1.35 bits per heavy atom. The molecule has 1 amide bonds. The Morgan fingerprint density at radius 3 is 2.71 bits per heavy atom. The Labute approximate surface area is 101 Å². The molecule has 0 saturated carbocycles. The van der Waals surface area contributed by atoms with E-state index in [0.29, 0.717) is 19.6 Å². The number of nitrogens with one attached hydrogen (secondary N) is 2. The van der Waals surface area contributed by atoms with E-state index in [2.05, 4.69) is 17.8 Å². The first-order chi connectivity index (χ1) is 8.24. The van der Waals surface area contributed by atoms with Gasteiger partial charge in [-0.2, -0.15) is 0 Å². The number of carbonyl (C=O) groups is 1. The highest BCUT2D eigenvalue weighted by molar-refractivity contribution is 5.79. The summed E-state index contributed by atoms with van der Waals surface area (Å²) in [6, 6.07) is 10.0. The standard InChI is InChI=1S/C13H18N2O2/c1-2-13(8-12(16)14-15-13)10-17-9-11-6-4-3-5-7-11/h3-7,15H,2,8-10H2,1H3,(H,14,16). The van der Waals surface area contributed by atoms with Crippen molar-refractivity contribution in [2.24, 2.45) is 0 Å². The minimum Gasteiger partial charge on any atom is -0.375 e. The number of rotatable bonds is 5. The minimum absolute atomic E-state index is 0.0372. The summed E-state index contributed by atoms with van der Waals surface area (Å²) in [4.78, 5) is 11.2. The summed E-state index contributed by atoms with van der Waals surface area (Å²) in [5.41, 5.74) is 6.58. The van der Waals surface area contributed by atoms with Crippen LogP contribution in [-0.2, 0) is 16.1 Å². The summed E-state index contributed by atoms with van der Waals surface area (Å²) in [7, 11) is 0. The van der Waals surface area contributed by atoms with E-state index in [4.69, 9.17) is 4.74 Å². The highest BCUT2D eigenvalue weighted by atomic mass is 16.5. The second-order valence-electron chi connectivity index (χ2n) is 4.46. The van der Waals surface area contributed by atoms with Crippen LogP contribution >= 0.6 is 0 Å². The predicted octanol–water partition coefficient (Wildman–Crippen LogP) is 1.38. The Balaban J connectivity index is 1.83. The van der Waals surface area contributed by atoms with Gasteiger partial charge in [-0.3, -0.25) is 10.2 Å². The van der Waals surface area contributed by atoms with E-state index in [-0.39, 0.29) is 11.4 Å². The molecule has 17 heavy (non-hydrogen) atoms. The number of benzene rings is 1. The first-order valence-electron chi connectivity index (χ1n) is 5.92. The molecule has 1 aliphatic rings. The van der Waals surface area contributed by atoms with Gasteiger partial charge in [0.2, 0.25) is 5.91 Å². The number of hydrogen-bond acceptors (Lipinski definition) is 3. The largest absolute Gasteiger partial charge is 0.375 e. The minimum atomic E-state index is -0.244. The summed E-state index contributed by atoms with van der Waals surface area (Å²) in [6.07, 6.45) is 1.35. The summed E-state index contributed by atoms with van der Waals surface area (Å²) < 4.78 is 5.69. The lowest BCUT2D eigenvalue weighted by Gasteiger charge is -2.25. The molecule has 1 heterocycles. The van der Waals surface area contributed by atoms with Crippen molar-refractivity contribution >= 4 is 5.91 Å². The first kappa shape index (κ1) is 12.1. The van der Waals surface area contributed by atoms with Gasteiger partial charge in [0, 0.05) is 0 Å². The zero-order valence-corrected chi connectivity index (χ0v) is 10.0. The van der Waals surface area contributed by atoms with Crippen LogP contribution in [0.4, 0.5) is 0 Å². The van der Waals surface area contributed by atoms with Crippen molar-refractivity contribution in [1.29, 1.82) is 0 Å². The summed E-state index contributed by atoms with van der Waals surface area (Å²) >= 11 is 0. The average Bonchev–Trinajstić information content (AvgIpc) is 2.73. The van der Waals surface area contributed by atoms with Gasteiger partial charge in [-0.1, -0.05) is 37.3 Å². The maximum atomic E-state index is 11.2. The molecule has 1 atom stereocenters. The van der Waals surface area contributed by atoms with Gasteiger partial charge in [0.25, 0.3) is 0 Å². The molecule has 2 N–H and O–H groups in total. The molecule has 1 fully saturated rings. The van der Waals surface area contributed by atoms with E-state index in [9.17, 15) is 4.79 Å². The van der Waals surface area contributed by atoms with Crippen LogP contribution in [0.2, 0.25) is 0 Å². The lowest BCUT2D eigenvalue weighted by atomic mass is 9.95. The lowest BCUT2D eigenvalue weighted by molar-refractivity contribution is -0.119. The third-order valence-electron chi connectivity index (χ3n) is 3.13. The van der Waals surface area contributed by atoms with Gasteiger partial charge in [-0.05, 0) is 12.0 Å². The number of hydrazine groups is 1. The molecule has 1 aliphatic heterocycles. The van der Waals surface area contributed by atoms with Crippen LogP contribution in [0.1, 0.15) is 25.3 Å². The van der Waals surface area contributed by atoms with Crippen molar-refractivity contribution in [3.63, 3.8) is 0 Å². The first-order valence-corrected chi connectivity index (χ1v) is 5.92. The number of carbonyl (C=O) groups excluding carboxylic acids is 1. The topological polar surface area (TPSA) is 50.4 Å². The SMILES string of the molecule is CCC1(COCc2ccccc2)CC(=O)NN1. The van der Waals surface area contributed by atoms with Gasteiger partial charge in [0.15, 0.2) is 0 Å². The average molecular weight is 234 g/mol. The van der Waals surface area contributed by atoms with E-state index in [1.807, 2.05) is 30.3 Å². The van der Waals surface area contributed by atoms with Crippen LogP contribution in [0.5, 0.6) is 0 Å². The van der Waals surface area contributed by atoms with Crippen LogP contribution in [-0.4, -0.2) is 18.1 Å². The quantitative estimate of drug-likeness (QED) is 0.809. The molecule has 0 aliphatic carbocycles. The fraction of sp³-hybridized carbons (Fsp3) is 0.462. The predicted molar refractivity (Wildman–Crippen MR) is 65.0 cm³/mol. The Morgan fingerprint density at radius 2 is 2.12 bits per heavy atom. The molecular weight excluding hydrogens is 216 g/mol. The third kappa shape index (κ3) is 3.05. The smallest absolute Gasteiger partial charge is 0.236 e. The monoisotopic (exact) mass is 234 g/mol. The van der Waals surface area contributed by atoms with Gasteiger partial charge in [-0.15, -0.1) is 0 Å². The number of ether oxygens (including phenoxy) is 1. The van der Waals surface area contributed by atoms with Crippen molar-refractivity contribution in [2.45, 2.75) is 31.9 Å². The van der Waals surface area contributed by atoms with Crippen LogP contribution in [0, 0.1) is 0 Å². The molecule has 4 heteroatoms. The van der Waals surface area contributed by atoms with Crippen molar-refractivity contribution in [1.82, 2.24) is 10.9 Å². The molecule has 2 rings (SSSR count). The molecule has 1 unspecified atom stereocenters. The van der Waals surface area contributed by atoms with Crippen molar-refractivity contribution in [3.05, 3.63) is 35.9 Å². The van der Waals surface area contributed by atoms with E-state index >= 15 is 0 Å². The van der Waals surface area contributed by atoms with Crippen molar-refractivity contribution in [2.75, 3.05) is 6.61 Å². The van der Waals surface area contributed by atoms with Gasteiger partial charge in [0.05, 0.1) is 25.2 Å². The fourth-order valence-corrected chi connectivity index (χ4v) is 1.94. The molecule has 4 nitrogen and oxygen atoms in total. The number of amides is 1. The van der Waals surface area contributed by atoms with Crippen LogP contribution in [0.3, 0.4) is 0 Å². The summed E-state index contributed by atoms with van der Waals surface area (Å²) in [6.45, 7) is 3.18. The molecule has 1 aromatic carbocycles. The highest BCUT2D eigenvalue weighted by Crippen LogP contribution is 2.19. The van der Waals surface area contributed by atoms with Crippen molar-refractivity contribution < 1.29 is 9.53 Å². The lowest BCUT2D eigenvalue weighted by Crippen LogP contribution is -2.47. The highest BCUT2D eigenvalue weighted by Gasteiger charge is 2.36. The van der Waals surface area contributed by atoms with E-state index in [1.165, 1.54) is 0 Å². The van der Waals surface area contributed by atoms with Gasteiger partial charge < -0.3 is 4.74 Å². The van der Waals surface area contributed by atoms with Gasteiger partial charge >= 0.3 is 0 Å². The maximum absolute atomic E-state index is 11.2.